The van der Waals surface area contributed by atoms with Crippen molar-refractivity contribution in [3.63, 3.8) is 0 Å². The zero-order chi connectivity index (χ0) is 12.6. The molecule has 0 atom stereocenters. The third-order valence-electron chi connectivity index (χ3n) is 2.80. The Morgan fingerprint density at radius 2 is 1.32 bits per heavy atom. The first-order valence-corrected chi connectivity index (χ1v) is 7.90. The summed E-state index contributed by atoms with van der Waals surface area (Å²) in [5, 5.41) is 2.86. The first kappa shape index (κ1) is 16.0. The van der Waals surface area contributed by atoms with E-state index in [2.05, 4.69) is 60.7 Å². The van der Waals surface area contributed by atoms with Crippen LogP contribution in [0, 0.1) is 0 Å². The van der Waals surface area contributed by atoms with E-state index in [0.29, 0.717) is 0 Å². The Morgan fingerprint density at radius 3 is 1.74 bits per heavy atom. The molecule has 0 fully saturated rings. The molecule has 0 N–H and O–H groups in total. The summed E-state index contributed by atoms with van der Waals surface area (Å²) < 4.78 is 5.52. The number of benzene rings is 2. The summed E-state index contributed by atoms with van der Waals surface area (Å²) in [4.78, 5) is 0. The molecule has 0 aliphatic rings. The van der Waals surface area contributed by atoms with Crippen LogP contribution in [-0.4, -0.2) is 27.8 Å². The van der Waals surface area contributed by atoms with E-state index in [1.54, 1.807) is 0 Å². The number of ether oxygens (including phenoxy) is 1. The highest BCUT2D eigenvalue weighted by molar-refractivity contribution is 7.73. The van der Waals surface area contributed by atoms with Crippen LogP contribution in [0.2, 0.25) is 0 Å². The molecule has 97 valence electrons. The third kappa shape index (κ3) is 4.82. The van der Waals surface area contributed by atoms with Gasteiger partial charge < -0.3 is 4.74 Å². The topological polar surface area (TPSA) is 9.23 Å². The summed E-state index contributed by atoms with van der Waals surface area (Å²) in [6, 6.07) is 21.5. The van der Waals surface area contributed by atoms with Crippen LogP contribution < -0.4 is 10.6 Å². The van der Waals surface area contributed by atoms with Gasteiger partial charge in [-0.3, -0.25) is 0 Å². The lowest BCUT2D eigenvalue weighted by Crippen LogP contribution is -2.16. The predicted octanol–water partition coefficient (Wildman–Crippen LogP) is 2.78. The smallest absolute Gasteiger partial charge is 0.0511 e. The van der Waals surface area contributed by atoms with Gasteiger partial charge in [0.25, 0.3) is 0 Å². The summed E-state index contributed by atoms with van der Waals surface area (Å²) >= 11 is 0. The van der Waals surface area contributed by atoms with Gasteiger partial charge in [-0.1, -0.05) is 60.7 Å². The summed E-state index contributed by atoms with van der Waals surface area (Å²) in [6.45, 7) is 3.69. The van der Waals surface area contributed by atoms with Crippen molar-refractivity contribution in [2.24, 2.45) is 0 Å². The highest BCUT2D eigenvalue weighted by Gasteiger charge is 2.12. The molecular weight excluding hydrogens is 250 g/mol. The lowest BCUT2D eigenvalue weighted by Gasteiger charge is -2.18. The Balaban J connectivity index is 0.00000180. The van der Waals surface area contributed by atoms with Crippen molar-refractivity contribution in [3.05, 3.63) is 60.7 Å². The van der Waals surface area contributed by atoms with E-state index in [0.717, 1.165) is 19.4 Å². The van der Waals surface area contributed by atoms with Gasteiger partial charge in [0.2, 0.25) is 0 Å². The van der Waals surface area contributed by atoms with Crippen LogP contribution in [0.15, 0.2) is 60.7 Å². The van der Waals surface area contributed by atoms with Crippen LogP contribution in [0.1, 0.15) is 6.92 Å². The fraction of sp³-hybridized carbons (Fsp3) is 0.250. The molecule has 3 radical (unpaired) electrons. The molecule has 0 aliphatic carbocycles. The van der Waals surface area contributed by atoms with E-state index in [4.69, 9.17) is 4.74 Å². The second-order valence-electron chi connectivity index (χ2n) is 4.02. The van der Waals surface area contributed by atoms with E-state index < -0.39 is 0 Å². The minimum Gasteiger partial charge on any atom is -0.381 e. The molecule has 2 aromatic carbocycles. The molecule has 19 heavy (non-hydrogen) atoms. The fourth-order valence-corrected chi connectivity index (χ4v) is 4.11. The van der Waals surface area contributed by atoms with Gasteiger partial charge >= 0.3 is 0 Å². The van der Waals surface area contributed by atoms with Crippen molar-refractivity contribution in [1.82, 2.24) is 0 Å². The molecule has 0 saturated carbocycles. The number of hydrogen-bond donors (Lipinski definition) is 0. The van der Waals surface area contributed by atoms with Crippen molar-refractivity contribution in [3.8, 4) is 0 Å². The number of hydrogen-bond acceptors (Lipinski definition) is 1. The molecule has 0 bridgehead atoms. The van der Waals surface area contributed by atoms with Gasteiger partial charge in [0.05, 0.1) is 6.61 Å². The van der Waals surface area contributed by atoms with Gasteiger partial charge in [0, 0.05) is 15.0 Å². The van der Waals surface area contributed by atoms with Crippen LogP contribution >= 0.6 is 7.92 Å². The van der Waals surface area contributed by atoms with Crippen molar-refractivity contribution in [2.75, 3.05) is 19.4 Å². The van der Waals surface area contributed by atoms with Gasteiger partial charge in [-0.2, -0.15) is 0 Å². The maximum atomic E-state index is 5.52. The Labute approximate surface area is 119 Å². The van der Waals surface area contributed by atoms with Gasteiger partial charge in [0.1, 0.15) is 0 Å². The molecule has 0 heterocycles. The maximum absolute atomic E-state index is 5.52. The summed E-state index contributed by atoms with van der Waals surface area (Å²) in [5.41, 5.74) is 0. The van der Waals surface area contributed by atoms with E-state index in [1.165, 1.54) is 10.6 Å². The zero-order valence-corrected chi connectivity index (χ0v) is 12.2. The average molecular weight is 269 g/mol. The Kier molecular flexibility index (Phi) is 7.48. The standard InChI is InChI=1S/C16H19OP.B/c1-2-17-13-14-18(15-9-5-3-6-10-15)16-11-7-4-8-12-16;/h3-12H,2,13-14H2,1H3;. The maximum Gasteiger partial charge on any atom is 0.0511 e. The van der Waals surface area contributed by atoms with E-state index in [1.807, 2.05) is 6.92 Å². The van der Waals surface area contributed by atoms with E-state index in [-0.39, 0.29) is 16.3 Å². The first-order chi connectivity index (χ1) is 8.92. The van der Waals surface area contributed by atoms with Crippen molar-refractivity contribution in [2.45, 2.75) is 6.92 Å². The lowest BCUT2D eigenvalue weighted by molar-refractivity contribution is 0.164. The lowest BCUT2D eigenvalue weighted by atomic mass is 10.4. The second-order valence-corrected chi connectivity index (χ2v) is 6.36. The normalized spacial score (nSPS) is 10.2. The molecule has 2 rings (SSSR count). The van der Waals surface area contributed by atoms with Crippen molar-refractivity contribution < 1.29 is 4.74 Å². The van der Waals surface area contributed by atoms with Crippen LogP contribution in [-0.2, 0) is 4.74 Å². The van der Waals surface area contributed by atoms with Crippen molar-refractivity contribution >= 4 is 26.9 Å². The Hall–Kier alpha value is -1.11. The van der Waals surface area contributed by atoms with Crippen LogP contribution in [0.4, 0.5) is 0 Å². The van der Waals surface area contributed by atoms with Gasteiger partial charge in [0.15, 0.2) is 0 Å². The summed E-state index contributed by atoms with van der Waals surface area (Å²) in [7, 11) is -0.287. The minimum atomic E-state index is -0.287. The van der Waals surface area contributed by atoms with E-state index >= 15 is 0 Å². The average Bonchev–Trinajstić information content (AvgIpc) is 2.46. The molecule has 0 spiro atoms. The molecule has 0 amide bonds. The van der Waals surface area contributed by atoms with Crippen LogP contribution in [0.5, 0.6) is 0 Å². The monoisotopic (exact) mass is 269 g/mol. The highest BCUT2D eigenvalue weighted by atomic mass is 31.1. The van der Waals surface area contributed by atoms with Gasteiger partial charge in [-0.25, -0.2) is 0 Å². The predicted molar refractivity (Wildman–Crippen MR) is 86.2 cm³/mol. The molecule has 0 aliphatic heterocycles. The molecular formula is C16H19BOP. The molecule has 1 nitrogen and oxygen atoms in total. The summed E-state index contributed by atoms with van der Waals surface area (Å²) in [6.07, 6.45) is 1.09. The van der Waals surface area contributed by atoms with Gasteiger partial charge in [-0.05, 0) is 31.6 Å². The first-order valence-electron chi connectivity index (χ1n) is 6.37. The second kappa shape index (κ2) is 8.90. The Morgan fingerprint density at radius 1 is 0.842 bits per heavy atom. The summed E-state index contributed by atoms with van der Waals surface area (Å²) in [5.74, 6) is 0. The van der Waals surface area contributed by atoms with Gasteiger partial charge in [-0.15, -0.1) is 0 Å². The highest BCUT2D eigenvalue weighted by Crippen LogP contribution is 2.32. The molecule has 0 unspecified atom stereocenters. The molecule has 2 aromatic rings. The molecule has 0 saturated heterocycles. The third-order valence-corrected chi connectivity index (χ3v) is 5.27. The largest absolute Gasteiger partial charge is 0.381 e. The quantitative estimate of drug-likeness (QED) is 0.445. The van der Waals surface area contributed by atoms with E-state index in [9.17, 15) is 0 Å². The van der Waals surface area contributed by atoms with Crippen molar-refractivity contribution in [1.29, 1.82) is 0 Å². The SMILES string of the molecule is CCOCCP(c1ccccc1)c1ccccc1.[B]. The molecule has 3 heteroatoms. The van der Waals surface area contributed by atoms with Crippen LogP contribution in [0.3, 0.4) is 0 Å². The molecule has 0 aromatic heterocycles. The minimum absolute atomic E-state index is 0. The number of rotatable bonds is 6. The van der Waals surface area contributed by atoms with Crippen LogP contribution in [0.25, 0.3) is 0 Å². The Bertz CT molecular complexity index is 407. The fourth-order valence-electron chi connectivity index (χ4n) is 1.92. The zero-order valence-electron chi connectivity index (χ0n) is 11.3.